The fourth-order valence-corrected chi connectivity index (χ4v) is 13.8. The second kappa shape index (κ2) is 19.7. The predicted octanol–water partition coefficient (Wildman–Crippen LogP) is 10.1. The summed E-state index contributed by atoms with van der Waals surface area (Å²) in [6, 6.07) is 0.478. The van der Waals surface area contributed by atoms with Crippen molar-refractivity contribution < 1.29 is 0 Å². The molecule has 14 nitrogen and oxygen atoms in total. The van der Waals surface area contributed by atoms with Crippen LogP contribution in [0.15, 0.2) is 0 Å². The number of hydrogen-bond donors (Lipinski definition) is 4. The van der Waals surface area contributed by atoms with Crippen LogP contribution in [0.3, 0.4) is 0 Å². The zero-order chi connectivity index (χ0) is 49.8. The average Bonchev–Trinajstić information content (AvgIpc) is 3.10. The van der Waals surface area contributed by atoms with E-state index in [-0.39, 0.29) is 79.0 Å². The zero-order valence-corrected chi connectivity index (χ0v) is 46.7. The molecule has 380 valence electrons. The van der Waals surface area contributed by atoms with Crippen molar-refractivity contribution in [3.63, 3.8) is 0 Å². The molecule has 4 fully saturated rings. The van der Waals surface area contributed by atoms with Crippen molar-refractivity contribution in [1.82, 2.24) is 51.2 Å². The highest BCUT2D eigenvalue weighted by Gasteiger charge is 2.47. The molecule has 4 aliphatic rings. The fourth-order valence-electron chi connectivity index (χ4n) is 13.5. The minimum atomic E-state index is -0.173. The predicted molar refractivity (Wildman–Crippen MR) is 281 cm³/mol. The molecule has 0 spiro atoms. The monoisotopic (exact) mass is 971 g/mol. The van der Waals surface area contributed by atoms with Gasteiger partial charge in [0, 0.05) is 81.6 Å². The molecule has 6 rings (SSSR count). The third-order valence-corrected chi connectivity index (χ3v) is 14.8. The van der Waals surface area contributed by atoms with Gasteiger partial charge in [0.25, 0.3) is 0 Å². The number of nitrogens with zero attached hydrogens (tertiary/aromatic N) is 10. The smallest absolute Gasteiger partial charge is 0.233 e. The first-order valence-corrected chi connectivity index (χ1v) is 26.5. The van der Waals surface area contributed by atoms with Crippen LogP contribution in [0.1, 0.15) is 202 Å². The molecule has 0 atom stereocenters. The first kappa shape index (κ1) is 54.0. The van der Waals surface area contributed by atoms with Gasteiger partial charge in [0.05, 0.1) is 6.67 Å². The Labute approximate surface area is 416 Å². The van der Waals surface area contributed by atoms with Crippen LogP contribution in [0.2, 0.25) is 10.6 Å². The lowest BCUT2D eigenvalue weighted by Gasteiger charge is -2.53. The molecule has 2 aromatic heterocycles. The van der Waals surface area contributed by atoms with Crippen molar-refractivity contribution in [2.75, 3.05) is 39.4 Å². The van der Waals surface area contributed by atoms with Crippen LogP contribution in [-0.4, -0.2) is 118 Å². The fraction of sp³-hybridized carbons (Fsp3) is 0.882. The van der Waals surface area contributed by atoms with Gasteiger partial charge in [0.1, 0.15) is 0 Å². The molecule has 16 heteroatoms. The molecule has 0 bridgehead atoms. The van der Waals surface area contributed by atoms with E-state index < -0.39 is 0 Å². The Balaban J connectivity index is 1.54. The Morgan fingerprint density at radius 3 is 0.806 bits per heavy atom. The summed E-state index contributed by atoms with van der Waals surface area (Å²) in [6.07, 6.45) is 11.4. The lowest BCUT2D eigenvalue weighted by Crippen LogP contribution is -2.66. The van der Waals surface area contributed by atoms with Crippen molar-refractivity contribution in [3.8, 4) is 0 Å². The summed E-state index contributed by atoms with van der Waals surface area (Å²) in [5, 5.41) is 16.1. The average molecular weight is 972 g/mol. The van der Waals surface area contributed by atoms with Crippen LogP contribution in [0.25, 0.3) is 0 Å². The SMILES string of the molecule is CCCCN(c1nc(Cl)nc(N(CN(c2nc(Cl)nc(N(CCCC)C3CC(C)(C)NC(C)(C)C3)n2)C2CC(C)(C)NC(C)(C)C2)C2CC(C)(C)NC(C)(C)C2)n1)C1CC(C)(C)NC(C)(C)C1. The van der Waals surface area contributed by atoms with Crippen LogP contribution in [0.4, 0.5) is 23.8 Å². The molecule has 4 N–H and O–H groups in total. The summed E-state index contributed by atoms with van der Waals surface area (Å²) >= 11 is 14.3. The Bertz CT molecular complexity index is 1800. The van der Waals surface area contributed by atoms with Crippen LogP contribution in [-0.2, 0) is 0 Å². The number of piperidine rings is 4. The maximum atomic E-state index is 7.16. The molecule has 4 saturated heterocycles. The van der Waals surface area contributed by atoms with E-state index in [1.807, 2.05) is 0 Å². The van der Waals surface area contributed by atoms with Crippen LogP contribution < -0.4 is 40.9 Å². The highest BCUT2D eigenvalue weighted by Crippen LogP contribution is 2.40. The van der Waals surface area contributed by atoms with Gasteiger partial charge in [0.15, 0.2) is 0 Å². The van der Waals surface area contributed by atoms with Crippen LogP contribution in [0.5, 0.6) is 0 Å². The second-order valence-electron chi connectivity index (χ2n) is 26.4. The van der Waals surface area contributed by atoms with Gasteiger partial charge in [-0.15, -0.1) is 0 Å². The van der Waals surface area contributed by atoms with Gasteiger partial charge >= 0.3 is 0 Å². The molecule has 0 amide bonds. The lowest BCUT2D eigenvalue weighted by molar-refractivity contribution is 0.149. The number of anilines is 4. The van der Waals surface area contributed by atoms with Crippen molar-refractivity contribution >= 4 is 47.0 Å². The van der Waals surface area contributed by atoms with E-state index in [2.05, 4.69) is 165 Å². The highest BCUT2D eigenvalue weighted by atomic mass is 35.5. The molecule has 0 unspecified atom stereocenters. The van der Waals surface area contributed by atoms with E-state index in [0.717, 1.165) is 90.1 Å². The Hall–Kier alpha value is -2.36. The summed E-state index contributed by atoms with van der Waals surface area (Å²) in [7, 11) is 0. The van der Waals surface area contributed by atoms with Crippen molar-refractivity contribution in [2.24, 2.45) is 0 Å². The number of hydrogen-bond acceptors (Lipinski definition) is 14. The highest BCUT2D eigenvalue weighted by molar-refractivity contribution is 6.28. The van der Waals surface area contributed by atoms with Gasteiger partial charge in [-0.3, -0.25) is 0 Å². The maximum absolute atomic E-state index is 7.16. The molecule has 0 aromatic carbocycles. The van der Waals surface area contributed by atoms with E-state index in [0.29, 0.717) is 30.5 Å². The topological polar surface area (TPSA) is 138 Å². The molecule has 0 aliphatic carbocycles. The summed E-state index contributed by atoms with van der Waals surface area (Å²) in [4.78, 5) is 40.8. The third-order valence-electron chi connectivity index (χ3n) is 14.4. The summed E-state index contributed by atoms with van der Waals surface area (Å²) in [6.45, 7) is 43.5. The van der Waals surface area contributed by atoms with Crippen molar-refractivity contribution in [3.05, 3.63) is 10.6 Å². The molecule has 0 saturated carbocycles. The van der Waals surface area contributed by atoms with Gasteiger partial charge in [-0.2, -0.15) is 29.9 Å². The zero-order valence-electron chi connectivity index (χ0n) is 45.1. The second-order valence-corrected chi connectivity index (χ2v) is 27.1. The van der Waals surface area contributed by atoms with Gasteiger partial charge < -0.3 is 40.9 Å². The minimum Gasteiger partial charge on any atom is -0.338 e. The van der Waals surface area contributed by atoms with E-state index in [1.54, 1.807) is 0 Å². The molecule has 4 aliphatic heterocycles. The minimum absolute atomic E-state index is 0.0284. The quantitative estimate of drug-likeness (QED) is 0.119. The van der Waals surface area contributed by atoms with E-state index in [4.69, 9.17) is 53.1 Å². The van der Waals surface area contributed by atoms with Gasteiger partial charge in [0.2, 0.25) is 34.4 Å². The number of aromatic nitrogens is 6. The van der Waals surface area contributed by atoms with Gasteiger partial charge in [-0.05, 0) is 198 Å². The standard InChI is InChI=1S/C51H92Cl2N14/c1-19-21-23-64(34-25-44(3,4)60-45(5,6)26-34)40-54-38(52)56-42(58-40)66(36-29-48(11,12)62-49(13,14)30-36)33-67(37-31-50(15,16)63-51(17,18)32-37)43-57-39(53)55-41(59-43)65(24-22-20-2)35-27-46(7,8)61-47(9,10)28-35/h34-37,60-63H,19-33H2,1-18H3. The largest absolute Gasteiger partial charge is 0.338 e. The normalized spacial score (nSPS) is 24.5. The molecule has 67 heavy (non-hydrogen) atoms. The Kier molecular flexibility index (Phi) is 15.9. The Morgan fingerprint density at radius 1 is 0.373 bits per heavy atom. The first-order chi connectivity index (χ1) is 30.7. The summed E-state index contributed by atoms with van der Waals surface area (Å²) < 4.78 is 0. The maximum Gasteiger partial charge on any atom is 0.233 e. The number of nitrogens with one attached hydrogen (secondary N) is 4. The number of halogens is 2. The van der Waals surface area contributed by atoms with E-state index in [9.17, 15) is 0 Å². The first-order valence-electron chi connectivity index (χ1n) is 25.8. The van der Waals surface area contributed by atoms with Crippen molar-refractivity contribution in [2.45, 2.75) is 270 Å². The molecular formula is C51H92Cl2N14. The van der Waals surface area contributed by atoms with E-state index in [1.165, 1.54) is 0 Å². The molecular weight excluding hydrogens is 880 g/mol. The van der Waals surface area contributed by atoms with E-state index >= 15 is 0 Å². The lowest BCUT2D eigenvalue weighted by atomic mass is 9.78. The van der Waals surface area contributed by atoms with Crippen molar-refractivity contribution in [1.29, 1.82) is 0 Å². The third kappa shape index (κ3) is 14.4. The van der Waals surface area contributed by atoms with Gasteiger partial charge in [-0.25, -0.2) is 0 Å². The molecule has 6 heterocycles. The molecule has 2 aromatic rings. The summed E-state index contributed by atoms with van der Waals surface area (Å²) in [5.41, 5.74) is -0.960. The van der Waals surface area contributed by atoms with Crippen LogP contribution >= 0.6 is 23.2 Å². The number of rotatable bonds is 16. The molecule has 0 radical (unpaired) electrons. The van der Waals surface area contributed by atoms with Gasteiger partial charge in [-0.1, -0.05) is 26.7 Å². The summed E-state index contributed by atoms with van der Waals surface area (Å²) in [5.74, 6) is 2.42. The van der Waals surface area contributed by atoms with Crippen LogP contribution in [0, 0.1) is 0 Å². The number of unbranched alkanes of at least 4 members (excludes halogenated alkanes) is 2. The Morgan fingerprint density at radius 2 is 0.582 bits per heavy atom.